The fourth-order valence-corrected chi connectivity index (χ4v) is 6.68. The van der Waals surface area contributed by atoms with Crippen LogP contribution in [0.25, 0.3) is 10.9 Å². The summed E-state index contributed by atoms with van der Waals surface area (Å²) in [5.74, 6) is 1.81. The lowest BCUT2D eigenvalue weighted by Gasteiger charge is -2.22. The normalized spacial score (nSPS) is 14.4. The number of hydrogen-bond donors (Lipinski definition) is 2. The predicted octanol–water partition coefficient (Wildman–Crippen LogP) is 6.97. The van der Waals surface area contributed by atoms with Crippen LogP contribution in [-0.2, 0) is 17.6 Å². The molecule has 4 nitrogen and oxygen atoms in total. The third kappa shape index (κ3) is 6.80. The average Bonchev–Trinajstić information content (AvgIpc) is 2.74. The summed E-state index contributed by atoms with van der Waals surface area (Å²) >= 11 is 6.24. The van der Waals surface area contributed by atoms with Gasteiger partial charge in [-0.1, -0.05) is 47.0 Å². The third-order valence-corrected chi connectivity index (χ3v) is 8.43. The van der Waals surface area contributed by atoms with E-state index in [4.69, 9.17) is 16.6 Å². The molecule has 1 aromatic carbocycles. The van der Waals surface area contributed by atoms with Gasteiger partial charge in [-0.05, 0) is 75.1 Å². The van der Waals surface area contributed by atoms with E-state index in [2.05, 4.69) is 30.5 Å². The van der Waals surface area contributed by atoms with Gasteiger partial charge in [0.05, 0.1) is 5.52 Å². The highest BCUT2D eigenvalue weighted by atomic mass is 35.5. The predicted molar refractivity (Wildman–Crippen MR) is 138 cm³/mol. The van der Waals surface area contributed by atoms with Crippen LogP contribution in [0.5, 0.6) is 0 Å². The highest BCUT2D eigenvalue weighted by Crippen LogP contribution is 2.37. The Morgan fingerprint density at radius 3 is 2.87 bits per heavy atom. The SMILES string of the molecule is CC(NC=O)=C(CCNc1c2c(nc3cc(Cl)ccc13)CCCC2)SSCCC(C)C. The number of halogens is 1. The van der Waals surface area contributed by atoms with E-state index in [1.807, 2.05) is 29.9 Å². The molecule has 31 heavy (non-hydrogen) atoms. The lowest BCUT2D eigenvalue weighted by Crippen LogP contribution is -2.14. The zero-order chi connectivity index (χ0) is 22.2. The Labute approximate surface area is 198 Å². The third-order valence-electron chi connectivity index (χ3n) is 5.51. The van der Waals surface area contributed by atoms with Crippen LogP contribution in [0.4, 0.5) is 5.69 Å². The Morgan fingerprint density at radius 1 is 1.29 bits per heavy atom. The molecular weight excluding hydrogens is 446 g/mol. The first kappa shape index (κ1) is 24.3. The second-order valence-corrected chi connectivity index (χ2v) is 11.3. The minimum atomic E-state index is 0.705. The molecule has 1 aliphatic rings. The van der Waals surface area contributed by atoms with Crippen molar-refractivity contribution in [3.8, 4) is 0 Å². The molecule has 1 aromatic heterocycles. The van der Waals surface area contributed by atoms with E-state index in [0.29, 0.717) is 5.92 Å². The summed E-state index contributed by atoms with van der Waals surface area (Å²) in [5, 5.41) is 8.41. The maximum absolute atomic E-state index is 11.0. The van der Waals surface area contributed by atoms with E-state index in [0.717, 1.165) is 59.6 Å². The first-order valence-corrected chi connectivity index (χ1v) is 13.7. The maximum atomic E-state index is 11.0. The summed E-state index contributed by atoms with van der Waals surface area (Å²) in [4.78, 5) is 17.1. The van der Waals surface area contributed by atoms with Crippen LogP contribution >= 0.6 is 33.2 Å². The number of amides is 1. The first-order chi connectivity index (χ1) is 15.0. The summed E-state index contributed by atoms with van der Waals surface area (Å²) in [6.07, 6.45) is 7.31. The maximum Gasteiger partial charge on any atom is 0.211 e. The van der Waals surface area contributed by atoms with Crippen LogP contribution in [0, 0.1) is 5.92 Å². The molecule has 1 aliphatic carbocycles. The van der Waals surface area contributed by atoms with Gasteiger partial charge < -0.3 is 10.6 Å². The van der Waals surface area contributed by atoms with Gasteiger partial charge in [0.25, 0.3) is 0 Å². The fourth-order valence-electron chi connectivity index (χ4n) is 3.76. The monoisotopic (exact) mass is 477 g/mol. The number of carbonyl (C=O) groups excluding carboxylic acids is 1. The van der Waals surface area contributed by atoms with Crippen molar-refractivity contribution in [2.24, 2.45) is 5.92 Å². The molecule has 0 aliphatic heterocycles. The van der Waals surface area contributed by atoms with Gasteiger partial charge in [-0.25, -0.2) is 0 Å². The van der Waals surface area contributed by atoms with Crippen molar-refractivity contribution in [2.45, 2.75) is 59.3 Å². The number of allylic oxidation sites excluding steroid dienone is 1. The van der Waals surface area contributed by atoms with Crippen molar-refractivity contribution >= 4 is 56.2 Å². The van der Waals surface area contributed by atoms with Crippen LogP contribution < -0.4 is 10.6 Å². The van der Waals surface area contributed by atoms with Crippen LogP contribution in [0.2, 0.25) is 5.02 Å². The summed E-state index contributed by atoms with van der Waals surface area (Å²) in [6, 6.07) is 5.98. The molecule has 1 amide bonds. The first-order valence-electron chi connectivity index (χ1n) is 11.0. The minimum Gasteiger partial charge on any atom is -0.384 e. The number of fused-ring (bicyclic) bond motifs is 2. The Hall–Kier alpha value is -1.37. The average molecular weight is 478 g/mol. The lowest BCUT2D eigenvalue weighted by molar-refractivity contribution is -0.108. The summed E-state index contributed by atoms with van der Waals surface area (Å²) in [7, 11) is 3.65. The van der Waals surface area contributed by atoms with Crippen molar-refractivity contribution in [2.75, 3.05) is 17.6 Å². The van der Waals surface area contributed by atoms with Gasteiger partial charge in [0.2, 0.25) is 6.41 Å². The highest BCUT2D eigenvalue weighted by Gasteiger charge is 2.18. The molecule has 0 saturated heterocycles. The van der Waals surface area contributed by atoms with Crippen LogP contribution in [0.3, 0.4) is 0 Å². The van der Waals surface area contributed by atoms with Gasteiger partial charge in [-0.2, -0.15) is 0 Å². The van der Waals surface area contributed by atoms with Crippen molar-refractivity contribution in [3.63, 3.8) is 0 Å². The molecular formula is C24H32ClN3OS2. The number of aromatic nitrogens is 1. The number of anilines is 1. The number of nitrogens with zero attached hydrogens (tertiary/aromatic N) is 1. The van der Waals surface area contributed by atoms with Crippen molar-refractivity contribution in [3.05, 3.63) is 45.1 Å². The topological polar surface area (TPSA) is 54.0 Å². The van der Waals surface area contributed by atoms with Gasteiger partial charge in [0, 0.05) is 44.7 Å². The Kier molecular flexibility index (Phi) is 9.42. The number of pyridine rings is 1. The smallest absolute Gasteiger partial charge is 0.211 e. The van der Waals surface area contributed by atoms with Crippen molar-refractivity contribution < 1.29 is 4.79 Å². The van der Waals surface area contributed by atoms with E-state index < -0.39 is 0 Å². The standard InChI is InChI=1S/C24H32ClN3OS2/c1-16(2)11-13-30-31-23(17(3)27-15-29)10-12-26-24-19-6-4-5-7-21(19)28-22-14-18(25)8-9-20(22)24/h8-9,14-16H,4-7,10-13H2,1-3H3,(H,26,28)(H,27,29). The molecule has 0 fully saturated rings. The fraction of sp³-hybridized carbons (Fsp3) is 0.500. The van der Waals surface area contributed by atoms with E-state index >= 15 is 0 Å². The number of benzene rings is 1. The van der Waals surface area contributed by atoms with E-state index in [1.165, 1.54) is 41.1 Å². The molecule has 0 atom stereocenters. The molecule has 3 rings (SSSR count). The molecule has 0 bridgehead atoms. The van der Waals surface area contributed by atoms with E-state index in [9.17, 15) is 4.79 Å². The summed E-state index contributed by atoms with van der Waals surface area (Å²) in [6.45, 7) is 7.28. The summed E-state index contributed by atoms with van der Waals surface area (Å²) in [5.41, 5.74) is 5.66. The largest absolute Gasteiger partial charge is 0.384 e. The second kappa shape index (κ2) is 12.0. The zero-order valence-electron chi connectivity index (χ0n) is 18.6. The number of carbonyl (C=O) groups is 1. The second-order valence-electron chi connectivity index (χ2n) is 8.36. The van der Waals surface area contributed by atoms with Gasteiger partial charge in [0.15, 0.2) is 0 Å². The number of nitrogens with one attached hydrogen (secondary N) is 2. The van der Waals surface area contributed by atoms with Crippen LogP contribution in [-0.4, -0.2) is 23.7 Å². The molecule has 0 unspecified atom stereocenters. The molecule has 168 valence electrons. The molecule has 7 heteroatoms. The van der Waals surface area contributed by atoms with Crippen molar-refractivity contribution in [1.82, 2.24) is 10.3 Å². The van der Waals surface area contributed by atoms with Crippen molar-refractivity contribution in [1.29, 1.82) is 0 Å². The van der Waals surface area contributed by atoms with Gasteiger partial charge in [-0.3, -0.25) is 9.78 Å². The Balaban J connectivity index is 1.75. The van der Waals surface area contributed by atoms with Gasteiger partial charge in [-0.15, -0.1) is 0 Å². The zero-order valence-corrected chi connectivity index (χ0v) is 21.0. The van der Waals surface area contributed by atoms with Crippen LogP contribution in [0.1, 0.15) is 57.7 Å². The number of aryl methyl sites for hydroxylation is 1. The molecule has 2 N–H and O–H groups in total. The minimum absolute atomic E-state index is 0.705. The molecule has 0 radical (unpaired) electrons. The molecule has 2 aromatic rings. The summed E-state index contributed by atoms with van der Waals surface area (Å²) < 4.78 is 0. The van der Waals surface area contributed by atoms with Gasteiger partial charge in [0.1, 0.15) is 0 Å². The Bertz CT molecular complexity index is 946. The van der Waals surface area contributed by atoms with E-state index in [1.54, 1.807) is 10.8 Å². The highest BCUT2D eigenvalue weighted by molar-refractivity contribution is 8.78. The number of rotatable bonds is 11. The lowest BCUT2D eigenvalue weighted by atomic mass is 9.92. The number of hydrogen-bond acceptors (Lipinski definition) is 5. The molecule has 0 spiro atoms. The van der Waals surface area contributed by atoms with E-state index in [-0.39, 0.29) is 0 Å². The quantitative estimate of drug-likeness (QED) is 0.208. The van der Waals surface area contributed by atoms with Gasteiger partial charge >= 0.3 is 0 Å². The molecule has 1 heterocycles. The van der Waals surface area contributed by atoms with Crippen LogP contribution in [0.15, 0.2) is 28.8 Å². The Morgan fingerprint density at radius 2 is 2.10 bits per heavy atom. The molecule has 0 saturated carbocycles.